The van der Waals surface area contributed by atoms with Crippen molar-refractivity contribution in [3.05, 3.63) is 83.4 Å². The number of aromatic nitrogens is 2. The SMILES string of the molecule is Cc1cccc(NC(=O)c2ccnc(NCCc3ccc(F)cc3)n2)c1. The van der Waals surface area contributed by atoms with Gasteiger partial charge in [0.25, 0.3) is 5.91 Å². The Balaban J connectivity index is 1.58. The van der Waals surface area contributed by atoms with Gasteiger partial charge in [-0.25, -0.2) is 14.4 Å². The molecule has 0 saturated carbocycles. The van der Waals surface area contributed by atoms with Gasteiger partial charge in [-0.3, -0.25) is 4.79 Å². The molecule has 2 aromatic carbocycles. The summed E-state index contributed by atoms with van der Waals surface area (Å²) in [5.74, 6) is -0.166. The van der Waals surface area contributed by atoms with Gasteiger partial charge < -0.3 is 10.6 Å². The minimum Gasteiger partial charge on any atom is -0.354 e. The quantitative estimate of drug-likeness (QED) is 0.709. The number of amides is 1. The van der Waals surface area contributed by atoms with Crippen molar-refractivity contribution < 1.29 is 9.18 Å². The van der Waals surface area contributed by atoms with Crippen LogP contribution in [0.3, 0.4) is 0 Å². The maximum atomic E-state index is 12.9. The Bertz CT molecular complexity index is 896. The molecule has 0 radical (unpaired) electrons. The molecule has 3 aromatic rings. The third-order valence-corrected chi connectivity index (χ3v) is 3.77. The van der Waals surface area contributed by atoms with Crippen molar-refractivity contribution in [1.29, 1.82) is 0 Å². The minimum absolute atomic E-state index is 0.252. The van der Waals surface area contributed by atoms with Crippen LogP contribution in [0.25, 0.3) is 0 Å². The van der Waals surface area contributed by atoms with E-state index in [0.29, 0.717) is 18.9 Å². The summed E-state index contributed by atoms with van der Waals surface area (Å²) in [4.78, 5) is 20.7. The highest BCUT2D eigenvalue weighted by Crippen LogP contribution is 2.11. The predicted octanol–water partition coefficient (Wildman–Crippen LogP) is 3.83. The molecule has 6 heteroatoms. The van der Waals surface area contributed by atoms with Crippen molar-refractivity contribution in [3.63, 3.8) is 0 Å². The van der Waals surface area contributed by atoms with Crippen molar-refractivity contribution in [1.82, 2.24) is 9.97 Å². The monoisotopic (exact) mass is 350 g/mol. The number of halogens is 1. The van der Waals surface area contributed by atoms with Gasteiger partial charge in [-0.2, -0.15) is 0 Å². The number of carbonyl (C=O) groups is 1. The second-order valence-electron chi connectivity index (χ2n) is 5.89. The topological polar surface area (TPSA) is 66.9 Å². The van der Waals surface area contributed by atoms with Gasteiger partial charge >= 0.3 is 0 Å². The van der Waals surface area contributed by atoms with Gasteiger partial charge in [-0.15, -0.1) is 0 Å². The molecule has 0 saturated heterocycles. The van der Waals surface area contributed by atoms with Crippen molar-refractivity contribution in [2.75, 3.05) is 17.2 Å². The smallest absolute Gasteiger partial charge is 0.274 e. The molecule has 0 spiro atoms. The fraction of sp³-hybridized carbons (Fsp3) is 0.150. The first-order valence-electron chi connectivity index (χ1n) is 8.29. The molecule has 0 bridgehead atoms. The Morgan fingerprint density at radius 3 is 2.69 bits per heavy atom. The van der Waals surface area contributed by atoms with Gasteiger partial charge in [0.2, 0.25) is 5.95 Å². The number of benzene rings is 2. The molecule has 0 aliphatic rings. The van der Waals surface area contributed by atoms with Crippen LogP contribution in [-0.4, -0.2) is 22.4 Å². The van der Waals surface area contributed by atoms with Crippen molar-refractivity contribution in [3.8, 4) is 0 Å². The number of aryl methyl sites for hydroxylation is 1. The summed E-state index contributed by atoms with van der Waals surface area (Å²) in [7, 11) is 0. The maximum absolute atomic E-state index is 12.9. The van der Waals surface area contributed by atoms with Crippen LogP contribution in [0.15, 0.2) is 60.8 Å². The molecule has 5 nitrogen and oxygen atoms in total. The lowest BCUT2D eigenvalue weighted by Gasteiger charge is -2.08. The minimum atomic E-state index is -0.292. The lowest BCUT2D eigenvalue weighted by atomic mass is 10.1. The average molecular weight is 350 g/mol. The fourth-order valence-electron chi connectivity index (χ4n) is 2.46. The summed E-state index contributed by atoms with van der Waals surface area (Å²) in [6, 6.07) is 15.5. The standard InChI is InChI=1S/C20H19FN4O/c1-14-3-2-4-17(13-14)24-19(26)18-10-12-23-20(25-18)22-11-9-15-5-7-16(21)8-6-15/h2-8,10,12-13H,9,11H2,1H3,(H,24,26)(H,22,23,25). The van der Waals surface area contributed by atoms with Gasteiger partial charge in [-0.05, 0) is 54.8 Å². The second-order valence-corrected chi connectivity index (χ2v) is 5.89. The number of nitrogens with one attached hydrogen (secondary N) is 2. The molecule has 0 aliphatic carbocycles. The molecule has 0 fully saturated rings. The lowest BCUT2D eigenvalue weighted by molar-refractivity contribution is 0.102. The number of hydrogen-bond acceptors (Lipinski definition) is 4. The number of hydrogen-bond donors (Lipinski definition) is 2. The number of anilines is 2. The van der Waals surface area contributed by atoms with E-state index in [9.17, 15) is 9.18 Å². The van der Waals surface area contributed by atoms with Crippen LogP contribution >= 0.6 is 0 Å². The highest BCUT2D eigenvalue weighted by atomic mass is 19.1. The molecule has 1 aromatic heterocycles. The van der Waals surface area contributed by atoms with Crippen LogP contribution in [0, 0.1) is 12.7 Å². The molecular weight excluding hydrogens is 331 g/mol. The van der Waals surface area contributed by atoms with Gasteiger partial charge in [0, 0.05) is 18.4 Å². The van der Waals surface area contributed by atoms with Crippen LogP contribution in [0.1, 0.15) is 21.6 Å². The van der Waals surface area contributed by atoms with Gasteiger partial charge in [0.1, 0.15) is 11.5 Å². The maximum Gasteiger partial charge on any atom is 0.274 e. The zero-order valence-corrected chi connectivity index (χ0v) is 14.4. The van der Waals surface area contributed by atoms with E-state index in [2.05, 4.69) is 20.6 Å². The van der Waals surface area contributed by atoms with Crippen LogP contribution in [-0.2, 0) is 6.42 Å². The Hall–Kier alpha value is -3.28. The van der Waals surface area contributed by atoms with E-state index < -0.39 is 0 Å². The van der Waals surface area contributed by atoms with Crippen molar-refractivity contribution >= 4 is 17.5 Å². The van der Waals surface area contributed by atoms with E-state index in [1.54, 1.807) is 24.4 Å². The summed E-state index contributed by atoms with van der Waals surface area (Å²) in [6.07, 6.45) is 2.24. The summed E-state index contributed by atoms with van der Waals surface area (Å²) in [6.45, 7) is 2.54. The number of nitrogens with zero attached hydrogens (tertiary/aromatic N) is 2. The molecule has 132 valence electrons. The first-order chi connectivity index (χ1) is 12.6. The van der Waals surface area contributed by atoms with E-state index in [4.69, 9.17) is 0 Å². The molecule has 0 unspecified atom stereocenters. The predicted molar refractivity (Wildman–Crippen MR) is 99.8 cm³/mol. The molecule has 0 aliphatic heterocycles. The molecule has 2 N–H and O–H groups in total. The molecule has 26 heavy (non-hydrogen) atoms. The van der Waals surface area contributed by atoms with Crippen molar-refractivity contribution in [2.45, 2.75) is 13.3 Å². The molecule has 0 atom stereocenters. The molecule has 3 rings (SSSR count). The van der Waals surface area contributed by atoms with E-state index in [1.807, 2.05) is 31.2 Å². The average Bonchev–Trinajstić information content (AvgIpc) is 2.64. The van der Waals surface area contributed by atoms with Crippen molar-refractivity contribution in [2.24, 2.45) is 0 Å². The number of carbonyl (C=O) groups excluding carboxylic acids is 1. The van der Waals surface area contributed by atoms with Gasteiger partial charge in [0.15, 0.2) is 0 Å². The summed E-state index contributed by atoms with van der Waals surface area (Å²) in [5, 5.41) is 5.90. The third-order valence-electron chi connectivity index (χ3n) is 3.77. The van der Waals surface area contributed by atoms with Gasteiger partial charge in [0.05, 0.1) is 0 Å². The third kappa shape index (κ3) is 4.86. The van der Waals surface area contributed by atoms with Crippen LogP contribution in [0.2, 0.25) is 0 Å². The van der Waals surface area contributed by atoms with Crippen LogP contribution in [0.4, 0.5) is 16.0 Å². The highest BCUT2D eigenvalue weighted by Gasteiger charge is 2.09. The van der Waals surface area contributed by atoms with E-state index in [-0.39, 0.29) is 17.4 Å². The first kappa shape index (κ1) is 17.5. The Morgan fingerprint density at radius 1 is 1.12 bits per heavy atom. The van der Waals surface area contributed by atoms with Gasteiger partial charge in [-0.1, -0.05) is 24.3 Å². The molecule has 1 amide bonds. The molecule has 1 heterocycles. The summed E-state index contributed by atoms with van der Waals surface area (Å²) in [5.41, 5.74) is 3.08. The zero-order chi connectivity index (χ0) is 18.4. The fourth-order valence-corrected chi connectivity index (χ4v) is 2.46. The normalized spacial score (nSPS) is 10.4. The number of rotatable bonds is 6. The zero-order valence-electron chi connectivity index (χ0n) is 14.4. The van der Waals surface area contributed by atoms with Crippen LogP contribution in [0.5, 0.6) is 0 Å². The summed E-state index contributed by atoms with van der Waals surface area (Å²) < 4.78 is 12.9. The Morgan fingerprint density at radius 2 is 1.92 bits per heavy atom. The lowest BCUT2D eigenvalue weighted by Crippen LogP contribution is -2.16. The first-order valence-corrected chi connectivity index (χ1v) is 8.29. The second kappa shape index (κ2) is 8.20. The Labute approximate surface area is 151 Å². The summed E-state index contributed by atoms with van der Waals surface area (Å²) >= 11 is 0. The van der Waals surface area contributed by atoms with E-state index >= 15 is 0 Å². The van der Waals surface area contributed by atoms with Crippen LogP contribution < -0.4 is 10.6 Å². The van der Waals surface area contributed by atoms with E-state index in [1.165, 1.54) is 12.1 Å². The largest absolute Gasteiger partial charge is 0.354 e. The highest BCUT2D eigenvalue weighted by molar-refractivity contribution is 6.03. The van der Waals surface area contributed by atoms with E-state index in [0.717, 1.165) is 16.8 Å². The molecular formula is C20H19FN4O. The Kier molecular flexibility index (Phi) is 5.53.